The number of aliphatic imine (C=N–C) groups is 1. The molecule has 158 valence electrons. The maximum atomic E-state index is 13.3. The predicted octanol–water partition coefficient (Wildman–Crippen LogP) is 3.88. The second-order valence-corrected chi connectivity index (χ2v) is 5.82. The minimum Gasteiger partial charge on any atom is -0.335 e. The lowest BCUT2D eigenvalue weighted by Crippen LogP contribution is -2.53. The molecule has 0 saturated carbocycles. The summed E-state index contributed by atoms with van der Waals surface area (Å²) in [5.41, 5.74) is 0. The molecule has 0 aliphatic carbocycles. The van der Waals surface area contributed by atoms with Gasteiger partial charge in [0.2, 0.25) is 5.91 Å². The SMILES string of the molecule is CC.CCCCC1=NCCN(C(=O)C(F)(F)C(F)(F)F)CCCC(=O)N1C. The first-order valence-corrected chi connectivity index (χ1v) is 9.06. The highest BCUT2D eigenvalue weighted by atomic mass is 19.4. The Morgan fingerprint density at radius 2 is 1.74 bits per heavy atom. The summed E-state index contributed by atoms with van der Waals surface area (Å²) in [5, 5.41) is 0. The van der Waals surface area contributed by atoms with Crippen molar-refractivity contribution in [2.45, 2.75) is 65.0 Å². The standard InChI is InChI=1S/C15H22F5N3O2.C2H6/c1-3-4-6-11-21-8-10-23(9-5-7-12(24)22(11)2)13(25)14(16,17)15(18,19)20;1-2/h3-10H2,1-2H3;1-2H3. The molecule has 0 aromatic rings. The monoisotopic (exact) mass is 401 g/mol. The molecule has 0 bridgehead atoms. The zero-order valence-electron chi connectivity index (χ0n) is 16.2. The van der Waals surface area contributed by atoms with Crippen LogP contribution in [0.2, 0.25) is 0 Å². The number of nitrogens with zero attached hydrogens (tertiary/aromatic N) is 3. The van der Waals surface area contributed by atoms with Crippen LogP contribution < -0.4 is 0 Å². The van der Waals surface area contributed by atoms with Crippen molar-refractivity contribution in [3.8, 4) is 0 Å². The summed E-state index contributed by atoms with van der Waals surface area (Å²) < 4.78 is 63.7. The van der Waals surface area contributed by atoms with Crippen LogP contribution >= 0.6 is 0 Å². The molecule has 27 heavy (non-hydrogen) atoms. The van der Waals surface area contributed by atoms with Crippen LogP contribution in [0.4, 0.5) is 22.0 Å². The maximum absolute atomic E-state index is 13.3. The highest BCUT2D eigenvalue weighted by Crippen LogP contribution is 2.37. The van der Waals surface area contributed by atoms with Crippen LogP contribution in [0.15, 0.2) is 4.99 Å². The van der Waals surface area contributed by atoms with Crippen molar-refractivity contribution < 1.29 is 31.5 Å². The second kappa shape index (κ2) is 11.2. The van der Waals surface area contributed by atoms with E-state index in [0.29, 0.717) is 17.2 Å². The zero-order valence-corrected chi connectivity index (χ0v) is 16.2. The van der Waals surface area contributed by atoms with Crippen LogP contribution in [0, 0.1) is 0 Å². The first-order chi connectivity index (χ1) is 12.5. The Labute approximate surface area is 156 Å². The van der Waals surface area contributed by atoms with E-state index in [1.807, 2.05) is 20.8 Å². The van der Waals surface area contributed by atoms with E-state index in [2.05, 4.69) is 4.99 Å². The summed E-state index contributed by atoms with van der Waals surface area (Å²) in [7, 11) is 1.55. The summed E-state index contributed by atoms with van der Waals surface area (Å²) in [5.74, 6) is -7.62. The van der Waals surface area contributed by atoms with Crippen LogP contribution in [-0.2, 0) is 9.59 Å². The Balaban J connectivity index is 0.00000326. The third-order valence-electron chi connectivity index (χ3n) is 3.91. The summed E-state index contributed by atoms with van der Waals surface area (Å²) in [6, 6.07) is 0. The Hall–Kier alpha value is -1.74. The van der Waals surface area contributed by atoms with E-state index in [0.717, 1.165) is 12.8 Å². The number of hydrogen-bond donors (Lipinski definition) is 0. The minimum atomic E-state index is -5.95. The Morgan fingerprint density at radius 3 is 2.26 bits per heavy atom. The number of rotatable bonds is 4. The summed E-state index contributed by atoms with van der Waals surface area (Å²) in [6.45, 7) is 5.09. The molecule has 0 unspecified atom stereocenters. The van der Waals surface area contributed by atoms with Gasteiger partial charge in [0.05, 0.1) is 6.54 Å². The van der Waals surface area contributed by atoms with Crippen molar-refractivity contribution in [1.29, 1.82) is 0 Å². The fourth-order valence-corrected chi connectivity index (χ4v) is 2.36. The highest BCUT2D eigenvalue weighted by molar-refractivity contribution is 5.98. The molecular weight excluding hydrogens is 373 g/mol. The van der Waals surface area contributed by atoms with Crippen LogP contribution in [0.3, 0.4) is 0 Å². The topological polar surface area (TPSA) is 53.0 Å². The fraction of sp³-hybridized carbons (Fsp3) is 0.824. The van der Waals surface area contributed by atoms with E-state index < -0.39 is 18.0 Å². The molecule has 0 aromatic carbocycles. The van der Waals surface area contributed by atoms with Gasteiger partial charge in [-0.15, -0.1) is 0 Å². The molecule has 2 amide bonds. The number of amides is 2. The predicted molar refractivity (Wildman–Crippen MR) is 92.8 cm³/mol. The van der Waals surface area contributed by atoms with E-state index in [-0.39, 0.29) is 38.4 Å². The lowest BCUT2D eigenvalue weighted by atomic mass is 10.2. The average molecular weight is 401 g/mol. The van der Waals surface area contributed by atoms with Crippen molar-refractivity contribution >= 4 is 17.6 Å². The Kier molecular flexibility index (Phi) is 10.5. The molecule has 1 aliphatic heterocycles. The molecular formula is C17H28F5N3O2. The molecule has 1 heterocycles. The molecule has 0 N–H and O–H groups in total. The largest absolute Gasteiger partial charge is 0.463 e. The van der Waals surface area contributed by atoms with Crippen LogP contribution in [0.5, 0.6) is 0 Å². The lowest BCUT2D eigenvalue weighted by Gasteiger charge is -2.29. The summed E-state index contributed by atoms with van der Waals surface area (Å²) >= 11 is 0. The molecule has 0 aromatic heterocycles. The molecule has 0 radical (unpaired) electrons. The lowest BCUT2D eigenvalue weighted by molar-refractivity contribution is -0.274. The number of carbonyl (C=O) groups is 2. The second-order valence-electron chi connectivity index (χ2n) is 5.82. The van der Waals surface area contributed by atoms with Gasteiger partial charge in [-0.1, -0.05) is 27.2 Å². The first kappa shape index (κ1) is 25.3. The zero-order chi connectivity index (χ0) is 21.3. The molecule has 0 fully saturated rings. The molecule has 10 heteroatoms. The van der Waals surface area contributed by atoms with Gasteiger partial charge in [0.1, 0.15) is 5.84 Å². The van der Waals surface area contributed by atoms with E-state index in [4.69, 9.17) is 0 Å². The van der Waals surface area contributed by atoms with Gasteiger partial charge < -0.3 is 9.80 Å². The van der Waals surface area contributed by atoms with Gasteiger partial charge in [0, 0.05) is 33.0 Å². The Morgan fingerprint density at radius 1 is 1.15 bits per heavy atom. The number of amidine groups is 1. The molecule has 0 spiro atoms. The smallest absolute Gasteiger partial charge is 0.335 e. The van der Waals surface area contributed by atoms with Gasteiger partial charge in [-0.05, 0) is 12.8 Å². The molecule has 0 atom stereocenters. The maximum Gasteiger partial charge on any atom is 0.463 e. The van der Waals surface area contributed by atoms with Gasteiger partial charge in [-0.25, -0.2) is 0 Å². The van der Waals surface area contributed by atoms with Crippen LogP contribution in [-0.4, -0.2) is 66.2 Å². The van der Waals surface area contributed by atoms with E-state index in [1.54, 1.807) is 7.05 Å². The number of hydrogen-bond acceptors (Lipinski definition) is 3. The van der Waals surface area contributed by atoms with E-state index >= 15 is 0 Å². The Bertz CT molecular complexity index is 521. The number of alkyl halides is 5. The molecule has 0 saturated heterocycles. The van der Waals surface area contributed by atoms with Gasteiger partial charge in [-0.2, -0.15) is 22.0 Å². The van der Waals surface area contributed by atoms with Crippen LogP contribution in [0.25, 0.3) is 0 Å². The van der Waals surface area contributed by atoms with Crippen molar-refractivity contribution in [2.24, 2.45) is 4.99 Å². The minimum absolute atomic E-state index is 0.00388. The van der Waals surface area contributed by atoms with Gasteiger partial charge in [0.15, 0.2) is 0 Å². The van der Waals surface area contributed by atoms with Crippen molar-refractivity contribution in [1.82, 2.24) is 9.80 Å². The van der Waals surface area contributed by atoms with Crippen LogP contribution in [0.1, 0.15) is 52.9 Å². The molecule has 1 rings (SSSR count). The fourth-order valence-electron chi connectivity index (χ4n) is 2.36. The van der Waals surface area contributed by atoms with E-state index in [1.165, 1.54) is 4.90 Å². The third-order valence-corrected chi connectivity index (χ3v) is 3.91. The van der Waals surface area contributed by atoms with Gasteiger partial charge in [0.25, 0.3) is 0 Å². The summed E-state index contributed by atoms with van der Waals surface area (Å²) in [4.78, 5) is 29.6. The highest BCUT2D eigenvalue weighted by Gasteiger charge is 2.64. The number of halogens is 5. The van der Waals surface area contributed by atoms with E-state index in [9.17, 15) is 31.5 Å². The summed E-state index contributed by atoms with van der Waals surface area (Å²) in [6.07, 6.45) is -3.92. The average Bonchev–Trinajstić information content (AvgIpc) is 2.62. The number of unbranched alkanes of at least 4 members (excludes halogenated alkanes) is 1. The van der Waals surface area contributed by atoms with Crippen molar-refractivity contribution in [3.05, 3.63) is 0 Å². The quantitative estimate of drug-likeness (QED) is 0.672. The van der Waals surface area contributed by atoms with Gasteiger partial charge in [-0.3, -0.25) is 14.6 Å². The number of carbonyl (C=O) groups excluding carboxylic acids is 2. The first-order valence-electron chi connectivity index (χ1n) is 9.06. The molecule has 5 nitrogen and oxygen atoms in total. The van der Waals surface area contributed by atoms with Crippen molar-refractivity contribution in [2.75, 3.05) is 26.7 Å². The third kappa shape index (κ3) is 7.06. The molecule has 1 aliphatic rings. The normalized spacial score (nSPS) is 17.1. The van der Waals surface area contributed by atoms with Crippen molar-refractivity contribution in [3.63, 3.8) is 0 Å². The van der Waals surface area contributed by atoms with Gasteiger partial charge >= 0.3 is 18.0 Å².